The highest BCUT2D eigenvalue weighted by Crippen LogP contribution is 2.38. The van der Waals surface area contributed by atoms with E-state index >= 15 is 0 Å². The first-order valence-electron chi connectivity index (χ1n) is 6.91. The zero-order chi connectivity index (χ0) is 14.1. The Labute approximate surface area is 131 Å². The number of hydrogen-bond acceptors (Lipinski definition) is 3. The Balaban J connectivity index is 1.87. The second-order valence-corrected chi connectivity index (χ2v) is 6.99. The second kappa shape index (κ2) is 5.88. The van der Waals surface area contributed by atoms with Gasteiger partial charge in [0.25, 0.3) is 0 Å². The molecule has 0 aliphatic heterocycles. The van der Waals surface area contributed by atoms with Crippen LogP contribution in [0.5, 0.6) is 5.75 Å². The fraction of sp³-hybridized carbons (Fsp3) is 0.375. The van der Waals surface area contributed by atoms with Gasteiger partial charge in [0.05, 0.1) is 6.61 Å². The number of ether oxygens (including phenoxy) is 1. The highest BCUT2D eigenvalue weighted by atomic mass is 79.9. The van der Waals surface area contributed by atoms with Crippen molar-refractivity contribution in [3.63, 3.8) is 0 Å². The van der Waals surface area contributed by atoms with E-state index in [9.17, 15) is 5.11 Å². The number of benzene rings is 1. The van der Waals surface area contributed by atoms with Crippen LogP contribution in [-0.2, 0) is 12.8 Å². The molecular formula is C16H17BrO2S. The van der Waals surface area contributed by atoms with Crippen LogP contribution in [0.2, 0.25) is 0 Å². The highest BCUT2D eigenvalue weighted by molar-refractivity contribution is 9.10. The lowest BCUT2D eigenvalue weighted by Gasteiger charge is -2.13. The molecule has 0 saturated heterocycles. The molecule has 1 aliphatic rings. The first kappa shape index (κ1) is 14.1. The van der Waals surface area contributed by atoms with Gasteiger partial charge in [-0.05, 0) is 49.9 Å². The van der Waals surface area contributed by atoms with Crippen molar-refractivity contribution in [1.82, 2.24) is 0 Å². The Morgan fingerprint density at radius 2 is 2.20 bits per heavy atom. The lowest BCUT2D eigenvalue weighted by atomic mass is 10.1. The van der Waals surface area contributed by atoms with E-state index in [2.05, 4.69) is 22.0 Å². The number of aliphatic hydroxyl groups excluding tert-OH is 1. The lowest BCUT2D eigenvalue weighted by molar-refractivity contribution is 0.223. The third-order valence-corrected chi connectivity index (χ3v) is 5.59. The predicted octanol–water partition coefficient (Wildman–Crippen LogP) is 4.48. The van der Waals surface area contributed by atoms with Crippen molar-refractivity contribution in [3.8, 4) is 5.75 Å². The normalized spacial score (nSPS) is 15.2. The molecule has 1 aliphatic carbocycles. The maximum Gasteiger partial charge on any atom is 0.120 e. The van der Waals surface area contributed by atoms with Crippen LogP contribution in [0, 0.1) is 0 Å². The van der Waals surface area contributed by atoms with Crippen molar-refractivity contribution in [2.75, 3.05) is 6.61 Å². The second-order valence-electron chi connectivity index (χ2n) is 4.97. The molecule has 0 spiro atoms. The minimum absolute atomic E-state index is 0.560. The molecule has 1 aromatic carbocycles. The van der Waals surface area contributed by atoms with E-state index in [1.807, 2.05) is 25.1 Å². The first-order chi connectivity index (χ1) is 9.69. The molecule has 106 valence electrons. The standard InChI is InChI=1S/C16H17BrO2S/c1-2-19-11-6-7-12(13(17)9-11)16(18)15-8-10-4-3-5-14(10)20-15/h6-9,16,18H,2-5H2,1H3. The van der Waals surface area contributed by atoms with Gasteiger partial charge >= 0.3 is 0 Å². The smallest absolute Gasteiger partial charge is 0.120 e. The lowest BCUT2D eigenvalue weighted by Crippen LogP contribution is -1.99. The maximum absolute atomic E-state index is 10.6. The van der Waals surface area contributed by atoms with Crippen LogP contribution in [0.15, 0.2) is 28.7 Å². The van der Waals surface area contributed by atoms with Crippen molar-refractivity contribution in [2.45, 2.75) is 32.3 Å². The summed E-state index contributed by atoms with van der Waals surface area (Å²) >= 11 is 5.28. The van der Waals surface area contributed by atoms with Gasteiger partial charge in [0, 0.05) is 19.8 Å². The van der Waals surface area contributed by atoms with E-state index in [0.717, 1.165) is 33.5 Å². The van der Waals surface area contributed by atoms with Gasteiger partial charge in [-0.2, -0.15) is 0 Å². The van der Waals surface area contributed by atoms with E-state index in [-0.39, 0.29) is 0 Å². The topological polar surface area (TPSA) is 29.5 Å². The Hall–Kier alpha value is -0.840. The summed E-state index contributed by atoms with van der Waals surface area (Å²) in [6, 6.07) is 7.93. The molecule has 1 aromatic heterocycles. The molecule has 0 amide bonds. The van der Waals surface area contributed by atoms with Crippen molar-refractivity contribution in [1.29, 1.82) is 0 Å². The number of thiophene rings is 1. The van der Waals surface area contributed by atoms with Crippen molar-refractivity contribution in [3.05, 3.63) is 49.6 Å². The van der Waals surface area contributed by atoms with Crippen molar-refractivity contribution < 1.29 is 9.84 Å². The molecule has 2 nitrogen and oxygen atoms in total. The number of aryl methyl sites for hydroxylation is 2. The van der Waals surface area contributed by atoms with Crippen LogP contribution in [0.1, 0.15) is 40.3 Å². The quantitative estimate of drug-likeness (QED) is 0.878. The van der Waals surface area contributed by atoms with Gasteiger partial charge in [-0.15, -0.1) is 11.3 Å². The third-order valence-electron chi connectivity index (χ3n) is 3.61. The summed E-state index contributed by atoms with van der Waals surface area (Å²) in [5, 5.41) is 10.6. The monoisotopic (exact) mass is 352 g/mol. The number of rotatable bonds is 4. The van der Waals surface area contributed by atoms with Gasteiger partial charge in [-0.25, -0.2) is 0 Å². The van der Waals surface area contributed by atoms with Gasteiger partial charge in [-0.1, -0.05) is 22.0 Å². The van der Waals surface area contributed by atoms with Gasteiger partial charge in [0.15, 0.2) is 0 Å². The molecular weight excluding hydrogens is 336 g/mol. The molecule has 1 unspecified atom stereocenters. The first-order valence-corrected chi connectivity index (χ1v) is 8.51. The largest absolute Gasteiger partial charge is 0.494 e. The molecule has 0 fully saturated rings. The third kappa shape index (κ3) is 2.65. The minimum Gasteiger partial charge on any atom is -0.494 e. The Morgan fingerprint density at radius 3 is 2.90 bits per heavy atom. The molecule has 0 radical (unpaired) electrons. The zero-order valence-electron chi connectivity index (χ0n) is 11.4. The Bertz CT molecular complexity index is 599. The summed E-state index contributed by atoms with van der Waals surface area (Å²) in [6.07, 6.45) is 3.01. The number of hydrogen-bond donors (Lipinski definition) is 1. The van der Waals surface area contributed by atoms with Crippen molar-refractivity contribution in [2.24, 2.45) is 0 Å². The van der Waals surface area contributed by atoms with E-state index in [1.54, 1.807) is 11.3 Å². The van der Waals surface area contributed by atoms with Gasteiger partial charge in [0.2, 0.25) is 0 Å². The van der Waals surface area contributed by atoms with Crippen LogP contribution in [-0.4, -0.2) is 11.7 Å². The number of aliphatic hydroxyl groups is 1. The summed E-state index contributed by atoms with van der Waals surface area (Å²) < 4.78 is 6.36. The van der Waals surface area contributed by atoms with Gasteiger partial charge < -0.3 is 9.84 Å². The minimum atomic E-state index is -0.560. The van der Waals surface area contributed by atoms with Crippen LogP contribution >= 0.6 is 27.3 Å². The van der Waals surface area contributed by atoms with Crippen LogP contribution in [0.25, 0.3) is 0 Å². The molecule has 0 bridgehead atoms. The average molecular weight is 353 g/mol. The summed E-state index contributed by atoms with van der Waals surface area (Å²) in [5.41, 5.74) is 2.32. The molecule has 20 heavy (non-hydrogen) atoms. The van der Waals surface area contributed by atoms with E-state index < -0.39 is 6.10 Å². The van der Waals surface area contributed by atoms with E-state index in [0.29, 0.717) is 6.61 Å². The van der Waals surface area contributed by atoms with E-state index in [1.165, 1.54) is 16.9 Å². The molecule has 3 rings (SSSR count). The fourth-order valence-corrected chi connectivity index (χ4v) is 4.46. The van der Waals surface area contributed by atoms with E-state index in [4.69, 9.17) is 4.74 Å². The highest BCUT2D eigenvalue weighted by Gasteiger charge is 2.21. The molecule has 1 N–H and O–H groups in total. The summed E-state index contributed by atoms with van der Waals surface area (Å²) in [5.74, 6) is 0.823. The zero-order valence-corrected chi connectivity index (χ0v) is 13.8. The molecule has 4 heteroatoms. The SMILES string of the molecule is CCOc1ccc(C(O)c2cc3c(s2)CCC3)c(Br)c1. The number of halogens is 1. The number of fused-ring (bicyclic) bond motifs is 1. The van der Waals surface area contributed by atoms with Crippen LogP contribution < -0.4 is 4.74 Å². The molecule has 1 atom stereocenters. The molecule has 2 aromatic rings. The van der Waals surface area contributed by atoms with Crippen LogP contribution in [0.4, 0.5) is 0 Å². The van der Waals surface area contributed by atoms with Crippen LogP contribution in [0.3, 0.4) is 0 Å². The summed E-state index contributed by atoms with van der Waals surface area (Å²) in [4.78, 5) is 2.49. The summed E-state index contributed by atoms with van der Waals surface area (Å²) in [6.45, 7) is 2.61. The summed E-state index contributed by atoms with van der Waals surface area (Å²) in [7, 11) is 0. The maximum atomic E-state index is 10.6. The van der Waals surface area contributed by atoms with Crippen molar-refractivity contribution >= 4 is 27.3 Å². The predicted molar refractivity (Wildman–Crippen MR) is 85.7 cm³/mol. The average Bonchev–Trinajstić information content (AvgIpc) is 2.99. The van der Waals surface area contributed by atoms with Gasteiger partial charge in [-0.3, -0.25) is 0 Å². The fourth-order valence-electron chi connectivity index (χ4n) is 2.63. The molecule has 1 heterocycles. The Morgan fingerprint density at radius 1 is 1.35 bits per heavy atom. The molecule has 0 saturated carbocycles. The van der Waals surface area contributed by atoms with Gasteiger partial charge in [0.1, 0.15) is 11.9 Å². The Kier molecular flexibility index (Phi) is 4.15.